The topological polar surface area (TPSA) is 33.3 Å². The summed E-state index contributed by atoms with van der Waals surface area (Å²) in [6.07, 6.45) is 2.27. The average molecular weight is 162 g/mol. The summed E-state index contributed by atoms with van der Waals surface area (Å²) in [5, 5.41) is 0. The third-order valence-electron chi connectivity index (χ3n) is 1.55. The first-order valence-electron chi connectivity index (χ1n) is 3.59. The number of hydrogen-bond acceptors (Lipinski definition) is 4. The Hall–Kier alpha value is 0.230. The van der Waals surface area contributed by atoms with E-state index in [1.165, 1.54) is 0 Å². The molecule has 0 aromatic heterocycles. The fourth-order valence-electron chi connectivity index (χ4n) is 0.958. The fourth-order valence-corrected chi connectivity index (χ4v) is 1.48. The summed E-state index contributed by atoms with van der Waals surface area (Å²) >= 11 is 1.56. The van der Waals surface area contributed by atoms with Gasteiger partial charge in [0, 0.05) is 31.4 Å². The van der Waals surface area contributed by atoms with Crippen LogP contribution in [0.4, 0.5) is 0 Å². The Balaban J connectivity index is 2.02. The molecule has 0 bridgehead atoms. The molecule has 0 aliphatic carbocycles. The maximum Gasteiger partial charge on any atom is 0.0481 e. The zero-order valence-electron chi connectivity index (χ0n) is 6.22. The number of rotatable bonds is 3. The molecule has 0 atom stereocenters. The van der Waals surface area contributed by atoms with Gasteiger partial charge >= 0.3 is 0 Å². The van der Waals surface area contributed by atoms with Gasteiger partial charge in [-0.1, -0.05) is 0 Å². The molecule has 0 spiro atoms. The molecule has 0 aromatic rings. The van der Waals surface area contributed by atoms with Crippen molar-refractivity contribution in [1.29, 1.82) is 0 Å². The van der Waals surface area contributed by atoms with E-state index in [4.69, 9.17) is 4.74 Å². The third-order valence-corrected chi connectivity index (χ3v) is 2.20. The summed E-state index contributed by atoms with van der Waals surface area (Å²) in [7, 11) is 1.91. The lowest BCUT2D eigenvalue weighted by Crippen LogP contribution is -2.31. The molecule has 1 rings (SSSR count). The molecule has 60 valence electrons. The quantitative estimate of drug-likeness (QED) is 0.593. The van der Waals surface area contributed by atoms with E-state index in [1.54, 1.807) is 12.1 Å². The molecule has 3 nitrogen and oxygen atoms in total. The fraction of sp³-hybridized carbons (Fsp3) is 1.00. The Morgan fingerprint density at radius 3 is 2.70 bits per heavy atom. The lowest BCUT2D eigenvalue weighted by atomic mass is 10.1. The molecule has 0 radical (unpaired) electrons. The van der Waals surface area contributed by atoms with Crippen LogP contribution in [0.5, 0.6) is 0 Å². The average Bonchev–Trinajstić information content (AvgIpc) is 2.03. The Bertz CT molecular complexity index is 85.8. The van der Waals surface area contributed by atoms with Gasteiger partial charge in [0.15, 0.2) is 0 Å². The zero-order chi connectivity index (χ0) is 7.23. The minimum atomic E-state index is 0.631. The van der Waals surface area contributed by atoms with Gasteiger partial charge in [-0.3, -0.25) is 4.72 Å². The predicted octanol–water partition coefficient (Wildman–Crippen LogP) is 0.538. The molecule has 0 saturated carbocycles. The van der Waals surface area contributed by atoms with Crippen molar-refractivity contribution in [1.82, 2.24) is 9.44 Å². The van der Waals surface area contributed by atoms with Crippen molar-refractivity contribution < 1.29 is 4.74 Å². The van der Waals surface area contributed by atoms with Gasteiger partial charge in [0.1, 0.15) is 0 Å². The second-order valence-corrected chi connectivity index (χ2v) is 3.16. The normalized spacial score (nSPS) is 21.3. The summed E-state index contributed by atoms with van der Waals surface area (Å²) in [5.74, 6) is 0. The largest absolute Gasteiger partial charge is 0.381 e. The van der Waals surface area contributed by atoms with Crippen LogP contribution in [0.25, 0.3) is 0 Å². The molecular weight excluding hydrogens is 148 g/mol. The molecule has 1 saturated heterocycles. The van der Waals surface area contributed by atoms with Crippen LogP contribution in [-0.2, 0) is 4.74 Å². The summed E-state index contributed by atoms with van der Waals surface area (Å²) in [4.78, 5) is 0. The van der Waals surface area contributed by atoms with E-state index >= 15 is 0 Å². The van der Waals surface area contributed by atoms with E-state index < -0.39 is 0 Å². The molecule has 0 aromatic carbocycles. The number of ether oxygens (including phenoxy) is 1. The van der Waals surface area contributed by atoms with Gasteiger partial charge in [0.05, 0.1) is 0 Å². The number of hydrogen-bond donors (Lipinski definition) is 2. The molecular formula is C6H14N2OS. The second-order valence-electron chi connectivity index (χ2n) is 2.31. The summed E-state index contributed by atoms with van der Waals surface area (Å²) < 4.78 is 11.5. The molecule has 4 heteroatoms. The first kappa shape index (κ1) is 8.33. The van der Waals surface area contributed by atoms with Crippen LogP contribution in [0.2, 0.25) is 0 Å². The molecule has 1 aliphatic rings. The van der Waals surface area contributed by atoms with Crippen molar-refractivity contribution in [2.45, 2.75) is 18.9 Å². The van der Waals surface area contributed by atoms with Gasteiger partial charge in [0.2, 0.25) is 0 Å². The molecule has 1 aliphatic heterocycles. The van der Waals surface area contributed by atoms with Crippen molar-refractivity contribution in [3.05, 3.63) is 0 Å². The van der Waals surface area contributed by atoms with E-state index in [0.717, 1.165) is 26.1 Å². The molecule has 2 N–H and O–H groups in total. The maximum absolute atomic E-state index is 5.21. The zero-order valence-corrected chi connectivity index (χ0v) is 7.04. The highest BCUT2D eigenvalue weighted by atomic mass is 32.2. The van der Waals surface area contributed by atoms with Gasteiger partial charge in [-0.15, -0.1) is 0 Å². The third kappa shape index (κ3) is 2.88. The second kappa shape index (κ2) is 4.96. The molecule has 0 amide bonds. The van der Waals surface area contributed by atoms with Crippen LogP contribution in [-0.4, -0.2) is 26.3 Å². The minimum absolute atomic E-state index is 0.631. The van der Waals surface area contributed by atoms with Crippen LogP contribution in [0.1, 0.15) is 12.8 Å². The van der Waals surface area contributed by atoms with Crippen molar-refractivity contribution in [3.8, 4) is 0 Å². The van der Waals surface area contributed by atoms with E-state index in [9.17, 15) is 0 Å². The highest BCUT2D eigenvalue weighted by molar-refractivity contribution is 7.95. The van der Waals surface area contributed by atoms with E-state index in [1.807, 2.05) is 7.05 Å². The highest BCUT2D eigenvalue weighted by Crippen LogP contribution is 2.07. The maximum atomic E-state index is 5.21. The first-order valence-corrected chi connectivity index (χ1v) is 4.41. The number of nitrogens with one attached hydrogen (secondary N) is 2. The van der Waals surface area contributed by atoms with E-state index in [2.05, 4.69) is 9.44 Å². The van der Waals surface area contributed by atoms with E-state index in [0.29, 0.717) is 6.04 Å². The van der Waals surface area contributed by atoms with Crippen LogP contribution in [0, 0.1) is 0 Å². The Morgan fingerprint density at radius 1 is 1.40 bits per heavy atom. The molecule has 1 heterocycles. The van der Waals surface area contributed by atoms with Gasteiger partial charge in [0.25, 0.3) is 0 Å². The standard InChI is InChI=1S/C6H14N2OS/c1-7-10-8-6-2-4-9-5-3-6/h6-8H,2-5H2,1H3. The molecule has 10 heavy (non-hydrogen) atoms. The van der Waals surface area contributed by atoms with Crippen molar-refractivity contribution in [2.75, 3.05) is 20.3 Å². The first-order chi connectivity index (χ1) is 4.93. The summed E-state index contributed by atoms with van der Waals surface area (Å²) in [5.41, 5.74) is 0. The molecule has 0 unspecified atom stereocenters. The van der Waals surface area contributed by atoms with E-state index in [-0.39, 0.29) is 0 Å². The van der Waals surface area contributed by atoms with Crippen molar-refractivity contribution in [2.24, 2.45) is 0 Å². The Kier molecular flexibility index (Phi) is 4.13. The van der Waals surface area contributed by atoms with Gasteiger partial charge in [-0.25, -0.2) is 4.72 Å². The lowest BCUT2D eigenvalue weighted by Gasteiger charge is -2.21. The summed E-state index contributed by atoms with van der Waals surface area (Å²) in [6.45, 7) is 1.81. The highest BCUT2D eigenvalue weighted by Gasteiger charge is 2.11. The molecule has 1 fully saturated rings. The minimum Gasteiger partial charge on any atom is -0.381 e. The Morgan fingerprint density at radius 2 is 2.10 bits per heavy atom. The van der Waals surface area contributed by atoms with Gasteiger partial charge < -0.3 is 4.74 Å². The van der Waals surface area contributed by atoms with Crippen LogP contribution in [0.15, 0.2) is 0 Å². The SMILES string of the molecule is CNSNC1CCOCC1. The van der Waals surface area contributed by atoms with Crippen LogP contribution in [0.3, 0.4) is 0 Å². The van der Waals surface area contributed by atoms with Gasteiger partial charge in [-0.05, 0) is 19.9 Å². The van der Waals surface area contributed by atoms with Crippen molar-refractivity contribution >= 4 is 12.1 Å². The lowest BCUT2D eigenvalue weighted by molar-refractivity contribution is 0.0838. The van der Waals surface area contributed by atoms with Crippen LogP contribution >= 0.6 is 12.1 Å². The van der Waals surface area contributed by atoms with Crippen molar-refractivity contribution in [3.63, 3.8) is 0 Å². The van der Waals surface area contributed by atoms with Gasteiger partial charge in [-0.2, -0.15) is 0 Å². The Labute approximate surface area is 66.2 Å². The smallest absolute Gasteiger partial charge is 0.0481 e. The summed E-state index contributed by atoms with van der Waals surface area (Å²) in [6, 6.07) is 0.631. The predicted molar refractivity (Wildman–Crippen MR) is 43.6 cm³/mol. The monoisotopic (exact) mass is 162 g/mol. The van der Waals surface area contributed by atoms with Crippen LogP contribution < -0.4 is 9.44 Å².